The molecule has 0 aliphatic carbocycles. The monoisotopic (exact) mass is 524 g/mol. The predicted octanol–water partition coefficient (Wildman–Crippen LogP) is -0.340. The third kappa shape index (κ3) is 6.86. The van der Waals surface area contributed by atoms with Gasteiger partial charge < -0.3 is 49.2 Å². The van der Waals surface area contributed by atoms with E-state index < -0.39 is 61.5 Å². The van der Waals surface area contributed by atoms with Crippen LogP contribution in [0.1, 0.15) is 18.9 Å². The van der Waals surface area contributed by atoms with Crippen molar-refractivity contribution in [3.05, 3.63) is 53.3 Å². The molecule has 2 aliphatic rings. The summed E-state index contributed by atoms with van der Waals surface area (Å²) in [6.45, 7) is 1.06. The summed E-state index contributed by atoms with van der Waals surface area (Å²) in [7, 11) is 1.18. The van der Waals surface area contributed by atoms with Crippen molar-refractivity contribution in [1.29, 1.82) is 0 Å². The topological polar surface area (TPSA) is 181 Å². The molecule has 204 valence electrons. The number of benzene rings is 1. The molecule has 2 aliphatic heterocycles. The highest BCUT2D eigenvalue weighted by Crippen LogP contribution is 2.36. The SMILES string of the molecule is C/C=C1/[C@H](O[C@@H]2O[C@@H](CO)[C@@H](O)[C@H](O)[C@H]2O)OC=C(C(=O)OC)[C@H]1CC(=O)OCCc1ccc(O)cc1. The van der Waals surface area contributed by atoms with Gasteiger partial charge >= 0.3 is 11.9 Å². The van der Waals surface area contributed by atoms with Crippen LogP contribution >= 0.6 is 0 Å². The number of esters is 2. The molecule has 7 atom stereocenters. The molecule has 0 unspecified atom stereocenters. The molecule has 37 heavy (non-hydrogen) atoms. The van der Waals surface area contributed by atoms with Crippen LogP contribution < -0.4 is 0 Å². The molecule has 1 aromatic carbocycles. The molecule has 0 bridgehead atoms. The summed E-state index contributed by atoms with van der Waals surface area (Å²) in [5.74, 6) is -2.07. The Morgan fingerprint density at radius 1 is 1.08 bits per heavy atom. The van der Waals surface area contributed by atoms with Crippen LogP contribution in [0, 0.1) is 5.92 Å². The number of aliphatic hydroxyl groups is 4. The first kappa shape index (κ1) is 28.6. The summed E-state index contributed by atoms with van der Waals surface area (Å²) in [6.07, 6.45) is -6.02. The van der Waals surface area contributed by atoms with E-state index in [1.165, 1.54) is 19.2 Å². The number of carbonyl (C=O) groups is 2. The van der Waals surface area contributed by atoms with E-state index in [0.29, 0.717) is 12.0 Å². The highest BCUT2D eigenvalue weighted by Gasteiger charge is 2.46. The minimum absolute atomic E-state index is 0.0414. The summed E-state index contributed by atoms with van der Waals surface area (Å²) in [6, 6.07) is 6.47. The smallest absolute Gasteiger partial charge is 0.337 e. The fourth-order valence-corrected chi connectivity index (χ4v) is 4.10. The van der Waals surface area contributed by atoms with Gasteiger partial charge in [0.1, 0.15) is 30.2 Å². The number of aromatic hydroxyl groups is 1. The van der Waals surface area contributed by atoms with Gasteiger partial charge in [-0.3, -0.25) is 4.79 Å². The van der Waals surface area contributed by atoms with Gasteiger partial charge in [0.05, 0.1) is 38.6 Å². The fraction of sp³-hybridized carbons (Fsp3) is 0.520. The highest BCUT2D eigenvalue weighted by molar-refractivity contribution is 5.90. The first-order valence-corrected chi connectivity index (χ1v) is 11.7. The summed E-state index contributed by atoms with van der Waals surface area (Å²) < 4.78 is 26.8. The number of phenolic OH excluding ortho intramolecular Hbond substituents is 1. The van der Waals surface area contributed by atoms with Crippen molar-refractivity contribution in [2.24, 2.45) is 5.92 Å². The van der Waals surface area contributed by atoms with E-state index in [-0.39, 0.29) is 24.4 Å². The van der Waals surface area contributed by atoms with Crippen LogP contribution in [0.2, 0.25) is 0 Å². The Hall–Kier alpha value is -3.00. The second-order valence-corrected chi connectivity index (χ2v) is 8.55. The lowest BCUT2D eigenvalue weighted by molar-refractivity contribution is -0.327. The van der Waals surface area contributed by atoms with E-state index in [1.54, 1.807) is 25.1 Å². The average molecular weight is 525 g/mol. The molecule has 12 heteroatoms. The zero-order chi connectivity index (χ0) is 27.1. The van der Waals surface area contributed by atoms with E-state index in [1.807, 2.05) is 0 Å². The highest BCUT2D eigenvalue weighted by atomic mass is 16.8. The standard InChI is InChI=1S/C25H32O12/c1-3-15-16(10-19(28)34-9-8-13-4-6-14(27)7-5-13)17(23(32)33-2)12-35-24(15)37-25-22(31)21(30)20(29)18(11-26)36-25/h3-7,12,16,18,20-22,24-27,29-31H,8-11H2,1-2H3/b15-3+/t16-,18-,20+,21-,22+,24-,25-/m0/s1. The van der Waals surface area contributed by atoms with Gasteiger partial charge in [0.15, 0.2) is 6.29 Å². The maximum Gasteiger partial charge on any atom is 0.337 e. The summed E-state index contributed by atoms with van der Waals surface area (Å²) in [4.78, 5) is 25.1. The van der Waals surface area contributed by atoms with Crippen molar-refractivity contribution in [2.45, 2.75) is 56.8 Å². The molecule has 0 spiro atoms. The Kier molecular flexibility index (Phi) is 10.0. The lowest BCUT2D eigenvalue weighted by Gasteiger charge is -2.41. The Balaban J connectivity index is 1.71. The van der Waals surface area contributed by atoms with Crippen molar-refractivity contribution < 1.29 is 58.8 Å². The van der Waals surface area contributed by atoms with Crippen LogP contribution in [0.25, 0.3) is 0 Å². The predicted molar refractivity (Wildman–Crippen MR) is 124 cm³/mol. The molecule has 3 rings (SSSR count). The van der Waals surface area contributed by atoms with Gasteiger partial charge in [0.25, 0.3) is 0 Å². The average Bonchev–Trinajstić information content (AvgIpc) is 2.89. The molecule has 0 radical (unpaired) electrons. The van der Waals surface area contributed by atoms with E-state index in [0.717, 1.165) is 11.8 Å². The quantitative estimate of drug-likeness (QED) is 0.210. The van der Waals surface area contributed by atoms with Crippen molar-refractivity contribution >= 4 is 11.9 Å². The zero-order valence-electron chi connectivity index (χ0n) is 20.4. The number of phenols is 1. The number of methoxy groups -OCH3 is 1. The van der Waals surface area contributed by atoms with Crippen LogP contribution in [0.15, 0.2) is 47.7 Å². The first-order valence-electron chi connectivity index (χ1n) is 11.7. The minimum Gasteiger partial charge on any atom is -0.508 e. The third-order valence-corrected chi connectivity index (χ3v) is 6.19. The number of allylic oxidation sites excluding steroid dienone is 1. The van der Waals surface area contributed by atoms with E-state index in [2.05, 4.69) is 0 Å². The Labute approximate surface area is 213 Å². The first-order chi connectivity index (χ1) is 17.7. The Bertz CT molecular complexity index is 986. The van der Waals surface area contributed by atoms with Crippen LogP contribution in [0.3, 0.4) is 0 Å². The third-order valence-electron chi connectivity index (χ3n) is 6.19. The van der Waals surface area contributed by atoms with Gasteiger partial charge in [-0.2, -0.15) is 0 Å². The van der Waals surface area contributed by atoms with Gasteiger partial charge in [-0.05, 0) is 24.6 Å². The summed E-state index contributed by atoms with van der Waals surface area (Å²) in [5.41, 5.74) is 1.23. The number of hydrogen-bond donors (Lipinski definition) is 5. The molecule has 12 nitrogen and oxygen atoms in total. The van der Waals surface area contributed by atoms with Gasteiger partial charge in [0.2, 0.25) is 6.29 Å². The zero-order valence-corrected chi connectivity index (χ0v) is 20.4. The van der Waals surface area contributed by atoms with Crippen molar-refractivity contribution in [3.8, 4) is 5.75 Å². The van der Waals surface area contributed by atoms with Gasteiger partial charge in [-0.15, -0.1) is 0 Å². The summed E-state index contributed by atoms with van der Waals surface area (Å²) in [5, 5.41) is 49.1. The van der Waals surface area contributed by atoms with E-state index in [4.69, 9.17) is 23.7 Å². The van der Waals surface area contributed by atoms with Gasteiger partial charge in [0, 0.05) is 17.9 Å². The van der Waals surface area contributed by atoms with E-state index >= 15 is 0 Å². The van der Waals surface area contributed by atoms with Gasteiger partial charge in [-0.1, -0.05) is 18.2 Å². The number of ether oxygens (including phenoxy) is 5. The number of rotatable bonds is 9. The molecule has 0 amide bonds. The molecular weight excluding hydrogens is 492 g/mol. The minimum atomic E-state index is -1.67. The Morgan fingerprint density at radius 3 is 2.41 bits per heavy atom. The van der Waals surface area contributed by atoms with Crippen molar-refractivity contribution in [3.63, 3.8) is 0 Å². The number of carbonyl (C=O) groups excluding carboxylic acids is 2. The molecule has 0 saturated carbocycles. The molecule has 1 fully saturated rings. The lowest BCUT2D eigenvalue weighted by Crippen LogP contribution is -2.60. The normalized spacial score (nSPS) is 30.8. The second kappa shape index (κ2) is 13.0. The van der Waals surface area contributed by atoms with Crippen molar-refractivity contribution in [2.75, 3.05) is 20.3 Å². The molecule has 2 heterocycles. The van der Waals surface area contributed by atoms with Gasteiger partial charge in [-0.25, -0.2) is 4.79 Å². The van der Waals surface area contributed by atoms with Crippen molar-refractivity contribution in [1.82, 2.24) is 0 Å². The molecule has 5 N–H and O–H groups in total. The lowest BCUT2D eigenvalue weighted by atomic mass is 9.86. The largest absolute Gasteiger partial charge is 0.508 e. The second-order valence-electron chi connectivity index (χ2n) is 8.55. The summed E-state index contributed by atoms with van der Waals surface area (Å²) >= 11 is 0. The number of aliphatic hydroxyl groups excluding tert-OH is 4. The van der Waals surface area contributed by atoms with Crippen LogP contribution in [0.5, 0.6) is 5.75 Å². The van der Waals surface area contributed by atoms with Crippen LogP contribution in [-0.2, 0) is 39.7 Å². The number of hydrogen-bond acceptors (Lipinski definition) is 12. The molecule has 1 saturated heterocycles. The fourth-order valence-electron chi connectivity index (χ4n) is 4.10. The van der Waals surface area contributed by atoms with Crippen LogP contribution in [-0.4, -0.2) is 94.8 Å². The van der Waals surface area contributed by atoms with E-state index in [9.17, 15) is 35.1 Å². The van der Waals surface area contributed by atoms with Crippen LogP contribution in [0.4, 0.5) is 0 Å². The molecular formula is C25H32O12. The molecule has 1 aromatic rings. The molecule has 0 aromatic heterocycles. The Morgan fingerprint density at radius 2 is 1.78 bits per heavy atom. The maximum absolute atomic E-state index is 12.7. The maximum atomic E-state index is 12.7.